The molecule has 0 rings (SSSR count). The van der Waals surface area contributed by atoms with Gasteiger partial charge < -0.3 is 0 Å². The molecule has 1 heteroatoms. The molecule has 0 aliphatic heterocycles. The van der Waals surface area contributed by atoms with Crippen molar-refractivity contribution in [1.82, 2.24) is 0 Å². The molecule has 76 valence electrons. The molecule has 0 aromatic heterocycles. The van der Waals surface area contributed by atoms with E-state index in [0.29, 0.717) is 0 Å². The van der Waals surface area contributed by atoms with Crippen LogP contribution in [0, 0.1) is 0 Å². The molecule has 0 radical (unpaired) electrons. The predicted molar refractivity (Wildman–Crippen MR) is 70.5 cm³/mol. The van der Waals surface area contributed by atoms with Crippen molar-refractivity contribution in [1.29, 1.82) is 0 Å². The van der Waals surface area contributed by atoms with E-state index in [1.165, 1.54) is 43.0 Å². The van der Waals surface area contributed by atoms with Gasteiger partial charge in [0.1, 0.15) is 0 Å². The van der Waals surface area contributed by atoms with E-state index < -0.39 is 0 Å². The normalized spacial score (nSPS) is 11.8. The zero-order valence-corrected chi connectivity index (χ0v) is 10.8. The maximum absolute atomic E-state index is 2.42. The summed E-state index contributed by atoms with van der Waals surface area (Å²) in [6.07, 6.45) is 16.7. The van der Waals surface area contributed by atoms with E-state index in [1.807, 2.05) is 0 Å². The van der Waals surface area contributed by atoms with Gasteiger partial charge in [-0.05, 0) is 30.1 Å². The first kappa shape index (κ1) is 13.2. The lowest BCUT2D eigenvalue weighted by Gasteiger charge is -1.90. The lowest BCUT2D eigenvalue weighted by Crippen LogP contribution is -1.70. The lowest BCUT2D eigenvalue weighted by atomic mass is 10.2. The quantitative estimate of drug-likeness (QED) is 0.258. The Balaban J connectivity index is 3.15. The van der Waals surface area contributed by atoms with Crippen LogP contribution in [-0.2, 0) is 0 Å². The first-order chi connectivity index (χ1) is 6.41. The molecule has 0 bridgehead atoms. The number of hydrogen-bond donors (Lipinski definition) is 0. The highest BCUT2D eigenvalue weighted by Gasteiger charge is 1.80. The molecule has 0 amide bonds. The highest BCUT2D eigenvalue weighted by Crippen LogP contribution is 2.00. The van der Waals surface area contributed by atoms with Gasteiger partial charge in [0.2, 0.25) is 0 Å². The smallest absolute Gasteiger partial charge is 0.000178 e. The van der Waals surface area contributed by atoms with E-state index in [1.54, 1.807) is 0 Å². The topological polar surface area (TPSA) is 0 Å². The van der Waals surface area contributed by atoms with Gasteiger partial charge in [0.25, 0.3) is 0 Å². The Morgan fingerprint density at radius 2 is 1.54 bits per heavy atom. The van der Waals surface area contributed by atoms with Crippen LogP contribution in [0.1, 0.15) is 45.4 Å². The number of hydrogen-bond acceptors (Lipinski definition) is 0. The fourth-order valence-corrected chi connectivity index (χ4v) is 1.50. The fraction of sp³-hybridized carbons (Fsp3) is 0.667. The maximum atomic E-state index is 2.42. The number of alkyl halides is 1. The molecule has 13 heavy (non-hydrogen) atoms. The van der Waals surface area contributed by atoms with Crippen LogP contribution in [-0.4, -0.2) is 4.43 Å². The summed E-state index contributed by atoms with van der Waals surface area (Å²) in [6.45, 7) is 2.24. The molecule has 0 aliphatic rings. The maximum Gasteiger partial charge on any atom is -0.000178 e. The molecule has 0 fully saturated rings. The zero-order chi connectivity index (χ0) is 9.78. The van der Waals surface area contributed by atoms with E-state index in [9.17, 15) is 0 Å². The lowest BCUT2D eigenvalue weighted by molar-refractivity contribution is 0.729. The van der Waals surface area contributed by atoms with Crippen molar-refractivity contribution in [3.8, 4) is 0 Å². The molecule has 0 N–H and O–H groups in total. The number of allylic oxidation sites excluding steroid dienone is 4. The molecule has 0 saturated heterocycles. The molecule has 0 aliphatic carbocycles. The fourth-order valence-electron chi connectivity index (χ4n) is 1.06. The van der Waals surface area contributed by atoms with Crippen LogP contribution in [0.25, 0.3) is 0 Å². The Morgan fingerprint density at radius 1 is 0.923 bits per heavy atom. The van der Waals surface area contributed by atoms with Gasteiger partial charge in [-0.15, -0.1) is 0 Å². The minimum atomic E-state index is 1.22. The van der Waals surface area contributed by atoms with Crippen LogP contribution in [0.5, 0.6) is 0 Å². The summed E-state index contributed by atoms with van der Waals surface area (Å²) in [4.78, 5) is 0. The van der Waals surface area contributed by atoms with Gasteiger partial charge in [-0.3, -0.25) is 0 Å². The molecular weight excluding hydrogens is 271 g/mol. The van der Waals surface area contributed by atoms with Gasteiger partial charge in [-0.1, -0.05) is 66.7 Å². The summed E-state index contributed by atoms with van der Waals surface area (Å²) in [5, 5.41) is 0. The van der Waals surface area contributed by atoms with Crippen molar-refractivity contribution in [2.75, 3.05) is 4.43 Å². The minimum absolute atomic E-state index is 1.22. The molecule has 0 nitrogen and oxygen atoms in total. The Kier molecular flexibility index (Phi) is 12.4. The number of unbranched alkanes of at least 4 members (excludes halogenated alkanes) is 4. The van der Waals surface area contributed by atoms with E-state index >= 15 is 0 Å². The molecular formula is C12H21I. The third-order valence-electron chi connectivity index (χ3n) is 1.86. The largest absolute Gasteiger partial charge is 0.0864 e. The molecule has 0 heterocycles. The highest BCUT2D eigenvalue weighted by atomic mass is 127. The van der Waals surface area contributed by atoms with Gasteiger partial charge >= 0.3 is 0 Å². The van der Waals surface area contributed by atoms with E-state index in [4.69, 9.17) is 0 Å². The highest BCUT2D eigenvalue weighted by molar-refractivity contribution is 14.1. The molecule has 0 aromatic rings. The standard InChI is InChI=1S/C12H21I/c1-2-3-4-5-6-7-8-9-10-11-12-13/h6-9H,2-5,10-12H2,1H3/b7-6-,9-8+. The first-order valence-electron chi connectivity index (χ1n) is 5.29. The van der Waals surface area contributed by atoms with Gasteiger partial charge in [-0.2, -0.15) is 0 Å². The molecule has 0 atom stereocenters. The van der Waals surface area contributed by atoms with Gasteiger partial charge in [0.05, 0.1) is 0 Å². The Hall–Kier alpha value is 0.210. The summed E-state index contributed by atoms with van der Waals surface area (Å²) < 4.78 is 1.27. The summed E-state index contributed by atoms with van der Waals surface area (Å²) in [7, 11) is 0. The van der Waals surface area contributed by atoms with Crippen LogP contribution in [0.15, 0.2) is 24.3 Å². The first-order valence-corrected chi connectivity index (χ1v) is 6.82. The van der Waals surface area contributed by atoms with Crippen LogP contribution >= 0.6 is 22.6 Å². The summed E-state index contributed by atoms with van der Waals surface area (Å²) in [5.74, 6) is 0. The van der Waals surface area contributed by atoms with E-state index in [0.717, 1.165) is 0 Å². The Bertz CT molecular complexity index is 136. The van der Waals surface area contributed by atoms with Crippen LogP contribution in [0.4, 0.5) is 0 Å². The average Bonchev–Trinajstić information content (AvgIpc) is 2.16. The van der Waals surface area contributed by atoms with Crippen molar-refractivity contribution in [2.45, 2.75) is 45.4 Å². The van der Waals surface area contributed by atoms with Crippen molar-refractivity contribution >= 4 is 22.6 Å². The second kappa shape index (κ2) is 12.2. The van der Waals surface area contributed by atoms with Crippen molar-refractivity contribution in [3.63, 3.8) is 0 Å². The van der Waals surface area contributed by atoms with Crippen molar-refractivity contribution in [2.24, 2.45) is 0 Å². The van der Waals surface area contributed by atoms with Crippen LogP contribution < -0.4 is 0 Å². The SMILES string of the molecule is CCCCC/C=C\C=C\CCCI. The zero-order valence-electron chi connectivity index (χ0n) is 8.64. The third kappa shape index (κ3) is 12.2. The van der Waals surface area contributed by atoms with E-state index in [-0.39, 0.29) is 0 Å². The van der Waals surface area contributed by atoms with Crippen LogP contribution in [0.3, 0.4) is 0 Å². The molecule has 0 unspecified atom stereocenters. The molecule has 0 spiro atoms. The third-order valence-corrected chi connectivity index (χ3v) is 2.62. The summed E-state index contributed by atoms with van der Waals surface area (Å²) in [6, 6.07) is 0. The second-order valence-corrected chi connectivity index (χ2v) is 4.26. The Labute approximate surface area is 96.6 Å². The molecule has 0 aromatic carbocycles. The second-order valence-electron chi connectivity index (χ2n) is 3.18. The number of halogens is 1. The Morgan fingerprint density at radius 3 is 2.08 bits per heavy atom. The predicted octanol–water partition coefficient (Wildman–Crippen LogP) is 4.89. The number of rotatable bonds is 8. The minimum Gasteiger partial charge on any atom is -0.0864 e. The van der Waals surface area contributed by atoms with Gasteiger partial charge in [0.15, 0.2) is 0 Å². The average molecular weight is 292 g/mol. The van der Waals surface area contributed by atoms with Gasteiger partial charge in [-0.25, -0.2) is 0 Å². The monoisotopic (exact) mass is 292 g/mol. The summed E-state index contributed by atoms with van der Waals surface area (Å²) >= 11 is 2.42. The van der Waals surface area contributed by atoms with Crippen molar-refractivity contribution in [3.05, 3.63) is 24.3 Å². The molecule has 0 saturated carbocycles. The van der Waals surface area contributed by atoms with E-state index in [2.05, 4.69) is 53.8 Å². The summed E-state index contributed by atoms with van der Waals surface area (Å²) in [5.41, 5.74) is 0. The van der Waals surface area contributed by atoms with Gasteiger partial charge in [0, 0.05) is 0 Å². The van der Waals surface area contributed by atoms with Crippen LogP contribution in [0.2, 0.25) is 0 Å². The van der Waals surface area contributed by atoms with Crippen molar-refractivity contribution < 1.29 is 0 Å².